The average Bonchev–Trinajstić information content (AvgIpc) is 3.09. The topological polar surface area (TPSA) is 81.2 Å². The van der Waals surface area contributed by atoms with Crippen LogP contribution in [0.3, 0.4) is 0 Å². The zero-order valence-electron chi connectivity index (χ0n) is 13.2. The molecular formula is C18H16BrN3O3. The van der Waals surface area contributed by atoms with Crippen molar-refractivity contribution >= 4 is 27.6 Å². The molecule has 2 aromatic carbocycles. The van der Waals surface area contributed by atoms with Gasteiger partial charge in [0.15, 0.2) is 0 Å². The zero-order valence-corrected chi connectivity index (χ0v) is 14.8. The summed E-state index contributed by atoms with van der Waals surface area (Å²) in [7, 11) is 0. The van der Waals surface area contributed by atoms with Gasteiger partial charge in [0.1, 0.15) is 0 Å². The van der Waals surface area contributed by atoms with Crippen LogP contribution in [0.1, 0.15) is 11.1 Å². The maximum Gasteiger partial charge on any atom is 0.291 e. The molecule has 6 nitrogen and oxygen atoms in total. The van der Waals surface area contributed by atoms with Crippen LogP contribution in [-0.4, -0.2) is 19.8 Å². The first-order chi connectivity index (χ1) is 12.0. The summed E-state index contributed by atoms with van der Waals surface area (Å²) >= 11 is 3.49. The van der Waals surface area contributed by atoms with Crippen molar-refractivity contribution in [2.45, 2.75) is 6.54 Å². The third-order valence-electron chi connectivity index (χ3n) is 3.27. The monoisotopic (exact) mass is 401 g/mol. The molecule has 0 saturated carbocycles. The van der Waals surface area contributed by atoms with E-state index in [9.17, 15) is 0 Å². The molecule has 3 aromatic rings. The van der Waals surface area contributed by atoms with Crippen LogP contribution in [0.4, 0.5) is 0 Å². The normalized spacial score (nSPS) is 10.7. The van der Waals surface area contributed by atoms with Crippen LogP contribution in [0.25, 0.3) is 11.6 Å². The SMILES string of the molecule is Brc1ccc(/C(=C/c2ccccc2)Cn2ccnc2)cc1.O=[N+]([O-])O. The van der Waals surface area contributed by atoms with Crippen LogP contribution in [-0.2, 0) is 6.54 Å². The number of halogens is 1. The minimum Gasteiger partial charge on any atom is -0.333 e. The molecule has 7 heteroatoms. The summed E-state index contributed by atoms with van der Waals surface area (Å²) in [5, 5.41) is 13.6. The lowest BCUT2D eigenvalue weighted by atomic mass is 10.0. The number of benzene rings is 2. The first-order valence-electron chi connectivity index (χ1n) is 7.35. The highest BCUT2D eigenvalue weighted by Crippen LogP contribution is 2.22. The Kier molecular flexibility index (Phi) is 6.91. The van der Waals surface area contributed by atoms with Crippen molar-refractivity contribution in [2.24, 2.45) is 0 Å². The fourth-order valence-electron chi connectivity index (χ4n) is 2.21. The Hall–Kier alpha value is -2.93. The molecule has 1 N–H and O–H groups in total. The molecule has 0 unspecified atom stereocenters. The molecule has 0 radical (unpaired) electrons. The molecule has 0 amide bonds. The second-order valence-electron chi connectivity index (χ2n) is 5.06. The average molecular weight is 402 g/mol. The second-order valence-corrected chi connectivity index (χ2v) is 5.98. The summed E-state index contributed by atoms with van der Waals surface area (Å²) in [6.07, 6.45) is 7.86. The fourth-order valence-corrected chi connectivity index (χ4v) is 2.48. The number of nitrogens with zero attached hydrogens (tertiary/aromatic N) is 3. The number of hydrogen-bond donors (Lipinski definition) is 1. The van der Waals surface area contributed by atoms with E-state index in [1.807, 2.05) is 24.8 Å². The third kappa shape index (κ3) is 6.60. The first-order valence-corrected chi connectivity index (χ1v) is 8.14. The maximum absolute atomic E-state index is 8.36. The first kappa shape index (κ1) is 18.4. The van der Waals surface area contributed by atoms with E-state index >= 15 is 0 Å². The van der Waals surface area contributed by atoms with Crippen LogP contribution in [0, 0.1) is 10.1 Å². The van der Waals surface area contributed by atoms with Gasteiger partial charge in [0.05, 0.1) is 6.33 Å². The van der Waals surface area contributed by atoms with E-state index in [1.54, 1.807) is 0 Å². The molecule has 0 fully saturated rings. The summed E-state index contributed by atoms with van der Waals surface area (Å²) in [5.41, 5.74) is 3.68. The van der Waals surface area contributed by atoms with Crippen LogP contribution in [0.2, 0.25) is 0 Å². The highest BCUT2D eigenvalue weighted by molar-refractivity contribution is 9.10. The van der Waals surface area contributed by atoms with E-state index < -0.39 is 5.09 Å². The largest absolute Gasteiger partial charge is 0.333 e. The smallest absolute Gasteiger partial charge is 0.291 e. The van der Waals surface area contributed by atoms with Crippen molar-refractivity contribution in [3.05, 3.63) is 99.0 Å². The van der Waals surface area contributed by atoms with Gasteiger partial charge in [0, 0.05) is 23.4 Å². The summed E-state index contributed by atoms with van der Waals surface area (Å²) in [6.45, 7) is 0.802. The Morgan fingerprint density at radius 3 is 2.40 bits per heavy atom. The summed E-state index contributed by atoms with van der Waals surface area (Å²) in [5.74, 6) is 0. The quantitative estimate of drug-likeness (QED) is 0.395. The molecule has 0 aliphatic carbocycles. The van der Waals surface area contributed by atoms with E-state index in [1.165, 1.54) is 16.7 Å². The number of imidazole rings is 1. The van der Waals surface area contributed by atoms with E-state index in [0.29, 0.717) is 0 Å². The Morgan fingerprint density at radius 1 is 1.20 bits per heavy atom. The van der Waals surface area contributed by atoms with Gasteiger partial charge in [0.25, 0.3) is 5.09 Å². The molecule has 1 aromatic heterocycles. The number of aromatic nitrogens is 2. The second kappa shape index (κ2) is 9.39. The Morgan fingerprint density at radius 2 is 1.84 bits per heavy atom. The fraction of sp³-hybridized carbons (Fsp3) is 0.0556. The molecule has 0 atom stereocenters. The molecule has 25 heavy (non-hydrogen) atoms. The lowest BCUT2D eigenvalue weighted by molar-refractivity contribution is -0.742. The van der Waals surface area contributed by atoms with Crippen molar-refractivity contribution in [2.75, 3.05) is 0 Å². The molecule has 0 spiro atoms. The van der Waals surface area contributed by atoms with E-state index in [2.05, 4.69) is 80.1 Å². The molecule has 0 aliphatic heterocycles. The minimum absolute atomic E-state index is 0.802. The molecule has 0 aliphatic rings. The van der Waals surface area contributed by atoms with Crippen molar-refractivity contribution in [3.63, 3.8) is 0 Å². The van der Waals surface area contributed by atoms with Crippen molar-refractivity contribution in [1.82, 2.24) is 9.55 Å². The van der Waals surface area contributed by atoms with Gasteiger partial charge in [-0.3, -0.25) is 0 Å². The van der Waals surface area contributed by atoms with E-state index in [4.69, 9.17) is 15.3 Å². The lowest BCUT2D eigenvalue weighted by Gasteiger charge is -2.10. The predicted octanol–water partition coefficient (Wildman–Crippen LogP) is 4.54. The molecule has 1 heterocycles. The van der Waals surface area contributed by atoms with Crippen molar-refractivity contribution in [3.8, 4) is 0 Å². The molecule has 0 saturated heterocycles. The van der Waals surface area contributed by atoms with E-state index in [0.717, 1.165) is 11.0 Å². The lowest BCUT2D eigenvalue weighted by Crippen LogP contribution is -1.98. The van der Waals surface area contributed by atoms with Gasteiger partial charge in [-0.15, -0.1) is 10.1 Å². The molecular weight excluding hydrogens is 386 g/mol. The molecule has 128 valence electrons. The summed E-state index contributed by atoms with van der Waals surface area (Å²) < 4.78 is 3.17. The van der Waals surface area contributed by atoms with Crippen molar-refractivity contribution in [1.29, 1.82) is 0 Å². The Balaban J connectivity index is 0.000000511. The predicted molar refractivity (Wildman–Crippen MR) is 99.5 cm³/mol. The van der Waals surface area contributed by atoms with Gasteiger partial charge in [-0.25, -0.2) is 4.98 Å². The van der Waals surface area contributed by atoms with Gasteiger partial charge < -0.3 is 9.77 Å². The number of allylic oxidation sites excluding steroid dienone is 1. The van der Waals surface area contributed by atoms with Crippen LogP contribution in [0.15, 0.2) is 77.8 Å². The van der Waals surface area contributed by atoms with Crippen LogP contribution in [0.5, 0.6) is 0 Å². The number of rotatable bonds is 4. The maximum atomic E-state index is 8.36. The minimum atomic E-state index is -1.50. The van der Waals surface area contributed by atoms with Gasteiger partial charge >= 0.3 is 0 Å². The summed E-state index contributed by atoms with van der Waals surface area (Å²) in [4.78, 5) is 12.5. The Labute approximate surface area is 153 Å². The summed E-state index contributed by atoms with van der Waals surface area (Å²) in [6, 6.07) is 18.8. The third-order valence-corrected chi connectivity index (χ3v) is 3.80. The van der Waals surface area contributed by atoms with E-state index in [-0.39, 0.29) is 0 Å². The van der Waals surface area contributed by atoms with Gasteiger partial charge in [-0.05, 0) is 34.9 Å². The standard InChI is InChI=1S/C18H15BrN2.HNO3/c19-18-8-6-16(7-9-18)17(13-21-11-10-20-14-21)12-15-4-2-1-3-5-15;2-1(3)4/h1-12,14H,13H2;(H,2,3,4)/b17-12+;. The Bertz CT molecular complexity index is 813. The highest BCUT2D eigenvalue weighted by atomic mass is 79.9. The molecule has 0 bridgehead atoms. The van der Waals surface area contributed by atoms with Gasteiger partial charge in [-0.2, -0.15) is 0 Å². The zero-order chi connectivity index (χ0) is 18.1. The van der Waals surface area contributed by atoms with Crippen molar-refractivity contribution < 1.29 is 10.3 Å². The van der Waals surface area contributed by atoms with Gasteiger partial charge in [0.2, 0.25) is 0 Å². The van der Waals surface area contributed by atoms with Crippen LogP contribution >= 0.6 is 15.9 Å². The number of hydrogen-bond acceptors (Lipinski definition) is 3. The highest BCUT2D eigenvalue weighted by Gasteiger charge is 2.03. The van der Waals surface area contributed by atoms with Gasteiger partial charge in [-0.1, -0.05) is 58.4 Å². The van der Waals surface area contributed by atoms with Crippen LogP contribution < -0.4 is 0 Å². The molecule has 3 rings (SSSR count).